The molecule has 18 rings (SSSR count). The van der Waals surface area contributed by atoms with Gasteiger partial charge in [0.25, 0.3) is 11.9 Å². The van der Waals surface area contributed by atoms with Crippen LogP contribution in [0.4, 0.5) is 0 Å². The summed E-state index contributed by atoms with van der Waals surface area (Å²) in [6.45, 7) is 11.9. The van der Waals surface area contributed by atoms with Gasteiger partial charge in [-0.25, -0.2) is 19.9 Å². The minimum Gasteiger partial charge on any atom is -0.326 e. The Balaban J connectivity index is 0.000000202. The predicted molar refractivity (Wildman–Crippen MR) is 462 cm³/mol. The van der Waals surface area contributed by atoms with Crippen LogP contribution >= 0.6 is 70.6 Å². The largest absolute Gasteiger partial charge is 2.00 e. The molecule has 0 aliphatic heterocycles. The Morgan fingerprint density at radius 2 is 0.517 bits per heavy atom. The van der Waals surface area contributed by atoms with Crippen LogP contribution in [0.5, 0.6) is 0 Å². The molecule has 584 valence electrons. The summed E-state index contributed by atoms with van der Waals surface area (Å²) < 4.78 is 3.97. The van der Waals surface area contributed by atoms with E-state index in [9.17, 15) is 0 Å². The van der Waals surface area contributed by atoms with Crippen molar-refractivity contribution < 1.29 is 84.3 Å². The van der Waals surface area contributed by atoms with Crippen LogP contribution in [0.1, 0.15) is 53.2 Å². The van der Waals surface area contributed by atoms with E-state index in [2.05, 4.69) is 265 Å². The standard InChI is InChI=1S/C52H37B2N7S2.C40H27N7S4.4Pt/c1-52(2,3)50-57-59-51(60-58-50)61-46-34-40(53(36-16-6-4-7-17-36)38-20-14-22-42(32-38)62-48-24-10-12-30-55-48)26-28-44(46)45-29-27-41(35-47(45)61)54(37-18-8-5-9-19-37)39-21-15-23-43(33-39)63-49-25-11-13-31-56-49;1-40(2,3)38-43-45-39(46-44-38)47-34-24-30(48-26-10-8-12-28(22-26)50-36-14-4-6-20-41-36)16-18-32(34)33-19-17-31(25-35(33)47)49-27-11-9-13-29(23-27)51-37-15-5-7-21-42-37;;;;/h4-31H,1-3H3;4-21H,1-3H3;;;;/q2*-4;4*+2. The molecule has 26 heteroatoms. The van der Waals surface area contributed by atoms with Crippen molar-refractivity contribution in [3.8, 4) is 11.9 Å². The van der Waals surface area contributed by atoms with E-state index >= 15 is 0 Å². The minimum atomic E-state index is -0.330. The second kappa shape index (κ2) is 39.6. The molecule has 0 aliphatic rings. The van der Waals surface area contributed by atoms with Gasteiger partial charge in [0.2, 0.25) is 0 Å². The summed E-state index contributed by atoms with van der Waals surface area (Å²) in [6.07, 6.45) is 7.23. The van der Waals surface area contributed by atoms with E-state index in [4.69, 9.17) is 10.2 Å². The van der Waals surface area contributed by atoms with Crippen molar-refractivity contribution in [3.05, 3.63) is 340 Å². The van der Waals surface area contributed by atoms with Gasteiger partial charge in [0.15, 0.2) is 25.1 Å². The fourth-order valence-electron chi connectivity index (χ4n) is 12.9. The maximum Gasteiger partial charge on any atom is 2.00 e. The molecule has 0 saturated carbocycles. The van der Waals surface area contributed by atoms with Crippen LogP contribution in [0.15, 0.2) is 339 Å². The number of nitrogens with zero attached hydrogens (tertiary/aromatic N) is 14. The van der Waals surface area contributed by atoms with Gasteiger partial charge >= 0.3 is 84.3 Å². The summed E-state index contributed by atoms with van der Waals surface area (Å²) in [5.41, 5.74) is 8.87. The molecule has 0 bridgehead atoms. The van der Waals surface area contributed by atoms with Crippen molar-refractivity contribution in [2.45, 2.75) is 112 Å². The van der Waals surface area contributed by atoms with Gasteiger partial charge in [0.05, 0.1) is 20.1 Å². The molecule has 8 heterocycles. The minimum absolute atomic E-state index is 0. The third kappa shape index (κ3) is 20.5. The van der Waals surface area contributed by atoms with Crippen LogP contribution in [-0.4, -0.2) is 83.3 Å². The molecule has 0 amide bonds. The Morgan fingerprint density at radius 1 is 0.246 bits per heavy atom. The van der Waals surface area contributed by atoms with Crippen LogP contribution in [-0.2, 0) is 95.1 Å². The second-order valence-electron chi connectivity index (χ2n) is 28.4. The molecule has 14 nitrogen and oxygen atoms in total. The maximum absolute atomic E-state index is 4.74. The van der Waals surface area contributed by atoms with Crippen molar-refractivity contribution in [1.29, 1.82) is 0 Å². The fourth-order valence-corrected chi connectivity index (χ4v) is 17.9. The zero-order valence-corrected chi connectivity index (χ0v) is 77.7. The number of aromatic nitrogens is 14. The molecule has 0 unspecified atom stereocenters. The van der Waals surface area contributed by atoms with E-state index in [1.54, 1.807) is 83.0 Å². The summed E-state index contributed by atoms with van der Waals surface area (Å²) in [5.74, 6) is 1.84. The number of fused-ring (bicyclic) bond motifs is 6. The summed E-state index contributed by atoms with van der Waals surface area (Å²) >= 11 is 9.56. The molecular formula is C92H64B2N14Pt4S6. The maximum atomic E-state index is 4.74. The molecule has 0 spiro atoms. The van der Waals surface area contributed by atoms with Gasteiger partial charge < -0.3 is 9.13 Å². The molecule has 0 atom stereocenters. The van der Waals surface area contributed by atoms with E-state index < -0.39 is 0 Å². The van der Waals surface area contributed by atoms with Crippen LogP contribution < -0.4 is 32.8 Å². The van der Waals surface area contributed by atoms with Gasteiger partial charge in [-0.15, -0.1) is 106 Å². The molecular weight excluding hydrogens is 2300 g/mol. The molecule has 10 aromatic carbocycles. The molecule has 0 saturated heterocycles. The van der Waals surface area contributed by atoms with E-state index in [0.717, 1.165) is 136 Å². The van der Waals surface area contributed by atoms with Gasteiger partial charge in [-0.3, -0.25) is 0 Å². The molecule has 0 N–H and O–H groups in total. The van der Waals surface area contributed by atoms with E-state index in [-0.39, 0.29) is 109 Å². The van der Waals surface area contributed by atoms with Crippen molar-refractivity contribution in [2.75, 3.05) is 0 Å². The fraction of sp³-hybridized carbons (Fsp3) is 0.0870. The zero-order valence-electron chi connectivity index (χ0n) is 63.7. The quantitative estimate of drug-likeness (QED) is 0.0522. The molecule has 8 aromatic heterocycles. The van der Waals surface area contributed by atoms with Crippen molar-refractivity contribution in [2.24, 2.45) is 0 Å². The first-order valence-electron chi connectivity index (χ1n) is 36.6. The Labute approximate surface area is 769 Å². The zero-order chi connectivity index (χ0) is 77.5. The number of hydrogen-bond acceptors (Lipinski definition) is 18. The smallest absolute Gasteiger partial charge is 0.326 e. The SMILES string of the molecule is CC(C)(C)c1nnc(-n2c3[c-]c(B(c4[c-]c(Sc5ccccn5)ccc4)c4ccccc4)ccc3c3ccc(B(c4[c-]c(Sc5ccccn5)ccc4)c4ccccc4)[c-]c32)nn1.CC(C)(C)c1nnc(-n2c3[c-]c(Sc4[c-]c(Sc5ccccn5)ccc4)ccc3c3ccc(Sc4[c-]c(Sc5ccccn5)ccc4)[c-]c32)nn1.[Pt+2].[Pt+2].[Pt+2].[Pt+2]. The van der Waals surface area contributed by atoms with Crippen LogP contribution in [0.2, 0.25) is 0 Å². The van der Waals surface area contributed by atoms with E-state index in [1.807, 2.05) is 151 Å². The number of rotatable bonds is 20. The van der Waals surface area contributed by atoms with Crippen molar-refractivity contribution in [1.82, 2.24) is 69.9 Å². The normalized spacial score (nSPS) is 11.2. The van der Waals surface area contributed by atoms with E-state index in [0.29, 0.717) is 23.5 Å². The van der Waals surface area contributed by atoms with Crippen LogP contribution in [0, 0.1) is 48.5 Å². The molecule has 18 aromatic rings. The summed E-state index contributed by atoms with van der Waals surface area (Å²) in [7, 11) is 0. The monoisotopic (exact) mass is 2360 g/mol. The molecule has 0 aliphatic carbocycles. The third-order valence-electron chi connectivity index (χ3n) is 18.3. The average Bonchev–Trinajstić information content (AvgIpc) is 1.59. The van der Waals surface area contributed by atoms with Gasteiger partial charge in [0, 0.05) is 35.6 Å². The van der Waals surface area contributed by atoms with Crippen molar-refractivity contribution >= 4 is 160 Å². The molecule has 118 heavy (non-hydrogen) atoms. The third-order valence-corrected chi connectivity index (χ3v) is 23.7. The van der Waals surface area contributed by atoms with Gasteiger partial charge in [-0.2, -0.15) is 201 Å². The van der Waals surface area contributed by atoms with Gasteiger partial charge in [-0.1, -0.05) is 216 Å². The molecule has 0 fully saturated rings. The first kappa shape index (κ1) is 87.1. The number of hydrogen-bond donors (Lipinski definition) is 0. The van der Waals surface area contributed by atoms with Crippen LogP contribution in [0.25, 0.3) is 55.5 Å². The summed E-state index contributed by atoms with van der Waals surface area (Å²) in [6, 6.07) is 116. The average molecular weight is 2360 g/mol. The van der Waals surface area contributed by atoms with Gasteiger partial charge in [0.1, 0.15) is 0 Å². The first-order valence-corrected chi connectivity index (χ1v) is 41.5. The summed E-state index contributed by atoms with van der Waals surface area (Å²) in [4.78, 5) is 25.8. The van der Waals surface area contributed by atoms with Crippen LogP contribution in [0.3, 0.4) is 0 Å². The second-order valence-corrected chi connectivity index (χ2v) is 34.8. The predicted octanol–water partition coefficient (Wildman–Crippen LogP) is 17.2. The molecule has 0 radical (unpaired) electrons. The Bertz CT molecular complexity index is 6100. The Morgan fingerprint density at radius 3 is 0.831 bits per heavy atom. The van der Waals surface area contributed by atoms with Crippen molar-refractivity contribution in [3.63, 3.8) is 0 Å². The summed E-state index contributed by atoms with van der Waals surface area (Å²) in [5, 5.41) is 44.5. The van der Waals surface area contributed by atoms with Gasteiger partial charge in [-0.05, 0) is 48.5 Å². The topological polar surface area (TPSA) is 165 Å². The number of benzene rings is 10. The van der Waals surface area contributed by atoms with E-state index in [1.165, 1.54) is 0 Å². The first-order chi connectivity index (χ1) is 55.7. The Hall–Kier alpha value is -8.74. The number of pyridine rings is 4. The Kier molecular flexibility index (Phi) is 29.3.